The van der Waals surface area contributed by atoms with Gasteiger partial charge in [-0.2, -0.15) is 0 Å². The maximum absolute atomic E-state index is 12.3. The Kier molecular flexibility index (Phi) is 3.76. The highest BCUT2D eigenvalue weighted by atomic mass is 16.4. The molecule has 2 aromatic carbocycles. The minimum Gasteiger partial charge on any atom is -0.411 e. The smallest absolute Gasteiger partial charge is 0.261 e. The first kappa shape index (κ1) is 17.2. The van der Waals surface area contributed by atoms with Crippen molar-refractivity contribution in [2.45, 2.75) is 24.0 Å². The van der Waals surface area contributed by atoms with Gasteiger partial charge in [0.05, 0.1) is 5.71 Å². The fourth-order valence-electron chi connectivity index (χ4n) is 3.68. The van der Waals surface area contributed by atoms with Gasteiger partial charge in [-0.1, -0.05) is 41.6 Å². The molecule has 0 aliphatic carbocycles. The van der Waals surface area contributed by atoms with E-state index in [1.54, 1.807) is 48.5 Å². The number of carbonyl (C=O) groups is 2. The molecule has 0 saturated carbocycles. The Bertz CT molecular complexity index is 913. The van der Waals surface area contributed by atoms with Gasteiger partial charge >= 0.3 is 0 Å². The number of amides is 2. The summed E-state index contributed by atoms with van der Waals surface area (Å²) >= 11 is 0. The highest BCUT2D eigenvalue weighted by molar-refractivity contribution is 6.10. The van der Waals surface area contributed by atoms with Gasteiger partial charge in [0.2, 0.25) is 0 Å². The number of aliphatic hydroxyl groups is 2. The zero-order valence-corrected chi connectivity index (χ0v) is 14.1. The van der Waals surface area contributed by atoms with Crippen LogP contribution in [0.3, 0.4) is 0 Å². The Morgan fingerprint density at radius 1 is 0.815 bits per heavy atom. The summed E-state index contributed by atoms with van der Waals surface area (Å²) in [4.78, 5) is 24.7. The Labute approximate surface area is 154 Å². The first-order valence-electron chi connectivity index (χ1n) is 8.35. The van der Waals surface area contributed by atoms with Crippen molar-refractivity contribution >= 4 is 28.9 Å². The van der Waals surface area contributed by atoms with E-state index in [1.165, 1.54) is 0 Å². The summed E-state index contributed by atoms with van der Waals surface area (Å²) in [5.74, 6) is -1.32. The summed E-state index contributed by atoms with van der Waals surface area (Å²) in [5, 5.41) is 39.7. The van der Waals surface area contributed by atoms with Crippen LogP contribution in [0.1, 0.15) is 24.0 Å². The second-order valence-corrected chi connectivity index (χ2v) is 6.74. The molecule has 2 heterocycles. The van der Waals surface area contributed by atoms with Gasteiger partial charge in [-0.25, -0.2) is 0 Å². The quantitative estimate of drug-likeness (QED) is 0.316. The van der Waals surface area contributed by atoms with E-state index in [0.717, 1.165) is 0 Å². The molecule has 2 aliphatic rings. The van der Waals surface area contributed by atoms with Crippen molar-refractivity contribution in [2.75, 3.05) is 10.6 Å². The molecular formula is C19H17N3O5. The van der Waals surface area contributed by atoms with Crippen LogP contribution in [0.5, 0.6) is 0 Å². The van der Waals surface area contributed by atoms with E-state index in [0.29, 0.717) is 22.5 Å². The van der Waals surface area contributed by atoms with Crippen molar-refractivity contribution in [3.63, 3.8) is 0 Å². The molecule has 0 unspecified atom stereocenters. The monoisotopic (exact) mass is 367 g/mol. The van der Waals surface area contributed by atoms with Gasteiger partial charge in [0.25, 0.3) is 11.8 Å². The maximum atomic E-state index is 12.3. The third-order valence-electron chi connectivity index (χ3n) is 5.05. The number of oxime groups is 1. The minimum absolute atomic E-state index is 0.0845. The third kappa shape index (κ3) is 2.49. The van der Waals surface area contributed by atoms with Gasteiger partial charge in [0, 0.05) is 35.3 Å². The summed E-state index contributed by atoms with van der Waals surface area (Å²) in [5.41, 5.74) is -2.38. The number of benzene rings is 2. The van der Waals surface area contributed by atoms with Gasteiger partial charge in [-0.3, -0.25) is 9.59 Å². The van der Waals surface area contributed by atoms with Crippen molar-refractivity contribution in [2.24, 2.45) is 5.16 Å². The molecule has 2 atom stereocenters. The average molecular weight is 367 g/mol. The van der Waals surface area contributed by atoms with Gasteiger partial charge in [0.1, 0.15) is 0 Å². The lowest BCUT2D eigenvalue weighted by Gasteiger charge is -2.25. The second-order valence-electron chi connectivity index (χ2n) is 6.74. The number of hydrogen-bond acceptors (Lipinski definition) is 6. The van der Waals surface area contributed by atoms with Gasteiger partial charge in [0.15, 0.2) is 11.2 Å². The largest absolute Gasteiger partial charge is 0.411 e. The second kappa shape index (κ2) is 5.90. The number of nitrogens with zero attached hydrogens (tertiary/aromatic N) is 1. The van der Waals surface area contributed by atoms with Gasteiger partial charge in [-0.05, 0) is 12.1 Å². The molecule has 2 amide bonds. The molecule has 8 nitrogen and oxygen atoms in total. The predicted octanol–water partition coefficient (Wildman–Crippen LogP) is 1.28. The lowest BCUT2D eigenvalue weighted by atomic mass is 9.83. The summed E-state index contributed by atoms with van der Waals surface area (Å²) < 4.78 is 0. The molecule has 2 aliphatic heterocycles. The molecule has 0 spiro atoms. The van der Waals surface area contributed by atoms with E-state index in [1.807, 2.05) is 0 Å². The number of rotatable bonds is 4. The average Bonchev–Trinajstić information content (AvgIpc) is 3.06. The molecule has 5 N–H and O–H groups in total. The van der Waals surface area contributed by atoms with E-state index in [4.69, 9.17) is 0 Å². The molecule has 0 radical (unpaired) electrons. The molecule has 0 aromatic heterocycles. The van der Waals surface area contributed by atoms with Crippen LogP contribution in [0.4, 0.5) is 11.4 Å². The van der Waals surface area contributed by atoms with Crippen molar-refractivity contribution in [3.05, 3.63) is 59.7 Å². The standard InChI is InChI=1S/C19H17N3O5/c23-16-18(25,12-5-1-3-7-14(12)20-16)9-11(22-27)10-19(26)13-6-2-4-8-15(13)21-17(19)24/h1-8,25-27H,9-10H2,(H,20,23)(H,21,24)/t18-,19+. The number of carbonyl (C=O) groups excluding carboxylic acids is 2. The van der Waals surface area contributed by atoms with Gasteiger partial charge < -0.3 is 26.1 Å². The number of nitrogens with one attached hydrogen (secondary N) is 2. The highest BCUT2D eigenvalue weighted by Crippen LogP contribution is 2.42. The zero-order valence-electron chi connectivity index (χ0n) is 14.1. The maximum Gasteiger partial charge on any atom is 0.261 e. The normalized spacial score (nSPS) is 26.4. The van der Waals surface area contributed by atoms with Crippen LogP contribution in [-0.2, 0) is 20.8 Å². The van der Waals surface area contributed by atoms with Crippen molar-refractivity contribution in [1.82, 2.24) is 0 Å². The number of para-hydroxylation sites is 2. The first-order chi connectivity index (χ1) is 12.9. The topological polar surface area (TPSA) is 131 Å². The number of anilines is 2. The Morgan fingerprint density at radius 2 is 1.22 bits per heavy atom. The fourth-order valence-corrected chi connectivity index (χ4v) is 3.68. The number of hydrogen-bond donors (Lipinski definition) is 5. The van der Waals surface area contributed by atoms with Gasteiger partial charge in [-0.15, -0.1) is 0 Å². The predicted molar refractivity (Wildman–Crippen MR) is 96.4 cm³/mol. The Hall–Kier alpha value is -3.23. The van der Waals surface area contributed by atoms with Crippen LogP contribution < -0.4 is 10.6 Å². The molecule has 2 aromatic rings. The van der Waals surface area contributed by atoms with E-state index in [-0.39, 0.29) is 18.6 Å². The fraction of sp³-hybridized carbons (Fsp3) is 0.211. The van der Waals surface area contributed by atoms with Crippen LogP contribution in [-0.4, -0.2) is 32.9 Å². The summed E-state index contributed by atoms with van der Waals surface area (Å²) in [6.45, 7) is 0. The summed E-state index contributed by atoms with van der Waals surface area (Å²) in [7, 11) is 0. The van der Waals surface area contributed by atoms with Crippen molar-refractivity contribution in [1.29, 1.82) is 0 Å². The Morgan fingerprint density at radius 3 is 1.63 bits per heavy atom. The highest BCUT2D eigenvalue weighted by Gasteiger charge is 2.50. The van der Waals surface area contributed by atoms with E-state index < -0.39 is 23.0 Å². The zero-order chi connectivity index (χ0) is 19.2. The van der Waals surface area contributed by atoms with Crippen molar-refractivity contribution in [3.8, 4) is 0 Å². The number of fused-ring (bicyclic) bond motifs is 2. The molecule has 27 heavy (non-hydrogen) atoms. The lowest BCUT2D eigenvalue weighted by Crippen LogP contribution is -2.41. The molecule has 0 bridgehead atoms. The van der Waals surface area contributed by atoms with Crippen LogP contribution in [0, 0.1) is 0 Å². The third-order valence-corrected chi connectivity index (χ3v) is 5.05. The Balaban J connectivity index is 1.65. The van der Waals surface area contributed by atoms with Crippen LogP contribution in [0.2, 0.25) is 0 Å². The molecule has 0 saturated heterocycles. The van der Waals surface area contributed by atoms with E-state index in [2.05, 4.69) is 15.8 Å². The molecule has 4 rings (SSSR count). The summed E-state index contributed by atoms with van der Waals surface area (Å²) in [6.07, 6.45) is -0.742. The van der Waals surface area contributed by atoms with E-state index in [9.17, 15) is 25.0 Å². The van der Waals surface area contributed by atoms with Crippen LogP contribution >= 0.6 is 0 Å². The summed E-state index contributed by atoms with van der Waals surface area (Å²) in [6, 6.07) is 13.3. The van der Waals surface area contributed by atoms with Crippen LogP contribution in [0.15, 0.2) is 53.7 Å². The SMILES string of the molecule is O=C1Nc2ccccc2[C@@]1(O)CC(C[C@]1(O)C(=O)Nc2ccccc21)=NO. The van der Waals surface area contributed by atoms with Crippen LogP contribution in [0.25, 0.3) is 0 Å². The van der Waals surface area contributed by atoms with Crippen molar-refractivity contribution < 1.29 is 25.0 Å². The minimum atomic E-state index is -1.96. The lowest BCUT2D eigenvalue weighted by molar-refractivity contribution is -0.133. The molecule has 0 fully saturated rings. The molecule has 138 valence electrons. The molecular weight excluding hydrogens is 350 g/mol. The first-order valence-corrected chi connectivity index (χ1v) is 8.35. The molecule has 8 heteroatoms. The van der Waals surface area contributed by atoms with E-state index >= 15 is 0 Å².